The van der Waals surface area contributed by atoms with Gasteiger partial charge in [-0.3, -0.25) is 0 Å². The third kappa shape index (κ3) is 2.41. The molecule has 0 fully saturated rings. The Morgan fingerprint density at radius 2 is 2.06 bits per heavy atom. The van der Waals surface area contributed by atoms with E-state index in [2.05, 4.69) is 10.3 Å². The van der Waals surface area contributed by atoms with E-state index >= 15 is 0 Å². The number of nitrogens with zero attached hydrogens (tertiary/aromatic N) is 1. The standard InChI is InChI=1S/C11H9ClFN3/c12-7-1-2-10(9(13)5-7)16-11-6-8(14)3-4-15-11/h1-6H,(H3,14,15,16). The molecular formula is C11H9ClFN3. The molecule has 0 saturated heterocycles. The number of hydrogen-bond donors (Lipinski definition) is 2. The molecule has 0 atom stereocenters. The van der Waals surface area contributed by atoms with Crippen LogP contribution in [-0.4, -0.2) is 4.98 Å². The molecule has 1 aromatic carbocycles. The van der Waals surface area contributed by atoms with Gasteiger partial charge in [-0.15, -0.1) is 0 Å². The molecule has 0 bridgehead atoms. The van der Waals surface area contributed by atoms with Crippen LogP contribution >= 0.6 is 11.6 Å². The normalized spacial score (nSPS) is 10.1. The maximum absolute atomic E-state index is 13.4. The Labute approximate surface area is 97.1 Å². The third-order valence-corrected chi connectivity index (χ3v) is 2.21. The summed E-state index contributed by atoms with van der Waals surface area (Å²) in [6, 6.07) is 7.65. The first-order valence-electron chi connectivity index (χ1n) is 4.59. The van der Waals surface area contributed by atoms with E-state index in [0.29, 0.717) is 22.2 Å². The Morgan fingerprint density at radius 1 is 1.25 bits per heavy atom. The van der Waals surface area contributed by atoms with Gasteiger partial charge in [-0.2, -0.15) is 0 Å². The van der Waals surface area contributed by atoms with Crippen LogP contribution in [0.25, 0.3) is 0 Å². The highest BCUT2D eigenvalue weighted by atomic mass is 35.5. The van der Waals surface area contributed by atoms with E-state index < -0.39 is 5.82 Å². The molecule has 0 aliphatic carbocycles. The van der Waals surface area contributed by atoms with Gasteiger partial charge in [-0.1, -0.05) is 11.6 Å². The fourth-order valence-corrected chi connectivity index (χ4v) is 1.40. The first kappa shape index (κ1) is 10.7. The summed E-state index contributed by atoms with van der Waals surface area (Å²) in [6.45, 7) is 0. The summed E-state index contributed by atoms with van der Waals surface area (Å²) >= 11 is 5.64. The number of nitrogens with one attached hydrogen (secondary N) is 1. The van der Waals surface area contributed by atoms with Crippen molar-refractivity contribution >= 4 is 28.8 Å². The molecule has 3 N–H and O–H groups in total. The van der Waals surface area contributed by atoms with Crippen molar-refractivity contribution in [2.75, 3.05) is 11.1 Å². The van der Waals surface area contributed by atoms with Gasteiger partial charge in [0.15, 0.2) is 0 Å². The largest absolute Gasteiger partial charge is 0.399 e. The molecule has 1 heterocycles. The lowest BCUT2D eigenvalue weighted by molar-refractivity contribution is 0.632. The predicted octanol–water partition coefficient (Wildman–Crippen LogP) is 3.20. The van der Waals surface area contributed by atoms with E-state index in [1.54, 1.807) is 30.5 Å². The van der Waals surface area contributed by atoms with Crippen LogP contribution < -0.4 is 11.1 Å². The van der Waals surface area contributed by atoms with Gasteiger partial charge in [-0.05, 0) is 24.3 Å². The second-order valence-electron chi connectivity index (χ2n) is 3.22. The van der Waals surface area contributed by atoms with Gasteiger partial charge >= 0.3 is 0 Å². The summed E-state index contributed by atoms with van der Waals surface area (Å²) in [5.41, 5.74) is 6.45. The average Bonchev–Trinajstić information content (AvgIpc) is 2.22. The molecule has 82 valence electrons. The first-order valence-corrected chi connectivity index (χ1v) is 4.96. The van der Waals surface area contributed by atoms with E-state index in [1.165, 1.54) is 6.07 Å². The molecule has 0 unspecified atom stereocenters. The van der Waals surface area contributed by atoms with E-state index in [-0.39, 0.29) is 0 Å². The molecule has 3 nitrogen and oxygen atoms in total. The van der Waals surface area contributed by atoms with Crippen LogP contribution in [-0.2, 0) is 0 Å². The van der Waals surface area contributed by atoms with Crippen LogP contribution in [0.3, 0.4) is 0 Å². The van der Waals surface area contributed by atoms with Crippen LogP contribution in [0, 0.1) is 5.82 Å². The number of aromatic nitrogens is 1. The molecule has 0 aliphatic rings. The highest BCUT2D eigenvalue weighted by molar-refractivity contribution is 6.30. The summed E-state index contributed by atoms with van der Waals surface area (Å²) in [5.74, 6) is 0.0537. The fourth-order valence-electron chi connectivity index (χ4n) is 1.24. The lowest BCUT2D eigenvalue weighted by Gasteiger charge is -2.07. The number of nitrogens with two attached hydrogens (primary N) is 1. The zero-order valence-corrected chi connectivity index (χ0v) is 9.00. The molecule has 0 aliphatic heterocycles. The summed E-state index contributed by atoms with van der Waals surface area (Å²) < 4.78 is 13.4. The molecule has 2 rings (SSSR count). The molecule has 0 saturated carbocycles. The van der Waals surface area contributed by atoms with Gasteiger partial charge < -0.3 is 11.1 Å². The van der Waals surface area contributed by atoms with Crippen molar-refractivity contribution in [2.24, 2.45) is 0 Å². The highest BCUT2D eigenvalue weighted by Gasteiger charge is 2.03. The van der Waals surface area contributed by atoms with Crippen molar-refractivity contribution < 1.29 is 4.39 Å². The van der Waals surface area contributed by atoms with Crippen molar-refractivity contribution in [1.29, 1.82) is 0 Å². The SMILES string of the molecule is Nc1ccnc(Nc2ccc(Cl)cc2F)c1. The number of nitrogen functional groups attached to an aromatic ring is 1. The fraction of sp³-hybridized carbons (Fsp3) is 0. The topological polar surface area (TPSA) is 50.9 Å². The van der Waals surface area contributed by atoms with Crippen LogP contribution in [0.5, 0.6) is 0 Å². The van der Waals surface area contributed by atoms with Gasteiger partial charge in [0.25, 0.3) is 0 Å². The first-order chi connectivity index (χ1) is 7.65. The van der Waals surface area contributed by atoms with Crippen LogP contribution in [0.15, 0.2) is 36.5 Å². The third-order valence-electron chi connectivity index (χ3n) is 1.98. The van der Waals surface area contributed by atoms with E-state index in [1.807, 2.05) is 0 Å². The lowest BCUT2D eigenvalue weighted by atomic mass is 10.3. The Kier molecular flexibility index (Phi) is 2.92. The molecule has 16 heavy (non-hydrogen) atoms. The van der Waals surface area contributed by atoms with E-state index in [4.69, 9.17) is 17.3 Å². The van der Waals surface area contributed by atoms with Gasteiger partial charge in [0.1, 0.15) is 11.6 Å². The Hall–Kier alpha value is -1.81. The van der Waals surface area contributed by atoms with Crippen molar-refractivity contribution in [3.63, 3.8) is 0 Å². The molecule has 0 spiro atoms. The van der Waals surface area contributed by atoms with Crippen LogP contribution in [0.4, 0.5) is 21.6 Å². The Morgan fingerprint density at radius 3 is 2.75 bits per heavy atom. The molecule has 5 heteroatoms. The monoisotopic (exact) mass is 237 g/mol. The summed E-state index contributed by atoms with van der Waals surface area (Å²) in [5, 5.41) is 3.17. The van der Waals surface area contributed by atoms with Crippen molar-refractivity contribution in [2.45, 2.75) is 0 Å². The van der Waals surface area contributed by atoms with Gasteiger partial charge in [0, 0.05) is 23.0 Å². The van der Waals surface area contributed by atoms with E-state index in [0.717, 1.165) is 0 Å². The second-order valence-corrected chi connectivity index (χ2v) is 3.66. The molecule has 0 radical (unpaired) electrons. The quantitative estimate of drug-likeness (QED) is 0.843. The minimum absolute atomic E-state index is 0.308. The number of hydrogen-bond acceptors (Lipinski definition) is 3. The molecule has 1 aromatic heterocycles. The number of pyridine rings is 1. The van der Waals surface area contributed by atoms with Gasteiger partial charge in [0.05, 0.1) is 5.69 Å². The van der Waals surface area contributed by atoms with E-state index in [9.17, 15) is 4.39 Å². The number of benzene rings is 1. The maximum Gasteiger partial charge on any atom is 0.148 e. The minimum atomic E-state index is -0.434. The van der Waals surface area contributed by atoms with Crippen molar-refractivity contribution in [3.05, 3.63) is 47.4 Å². The number of halogens is 2. The second kappa shape index (κ2) is 4.37. The molecule has 0 amide bonds. The Balaban J connectivity index is 2.27. The predicted molar refractivity (Wildman–Crippen MR) is 63.3 cm³/mol. The summed E-state index contributed by atoms with van der Waals surface area (Å²) in [4.78, 5) is 4.01. The molecular weight excluding hydrogens is 229 g/mol. The zero-order valence-electron chi connectivity index (χ0n) is 8.24. The van der Waals surface area contributed by atoms with Crippen LogP contribution in [0.1, 0.15) is 0 Å². The maximum atomic E-state index is 13.4. The average molecular weight is 238 g/mol. The summed E-state index contributed by atoms with van der Waals surface area (Å²) in [7, 11) is 0. The number of anilines is 3. The highest BCUT2D eigenvalue weighted by Crippen LogP contribution is 2.22. The van der Waals surface area contributed by atoms with Crippen LogP contribution in [0.2, 0.25) is 5.02 Å². The minimum Gasteiger partial charge on any atom is -0.399 e. The van der Waals surface area contributed by atoms with Crippen molar-refractivity contribution in [3.8, 4) is 0 Å². The molecule has 2 aromatic rings. The van der Waals surface area contributed by atoms with Gasteiger partial charge in [-0.25, -0.2) is 9.37 Å². The van der Waals surface area contributed by atoms with Crippen molar-refractivity contribution in [1.82, 2.24) is 4.98 Å². The lowest BCUT2D eigenvalue weighted by Crippen LogP contribution is -1.97. The smallest absolute Gasteiger partial charge is 0.148 e. The van der Waals surface area contributed by atoms with Gasteiger partial charge in [0.2, 0.25) is 0 Å². The zero-order chi connectivity index (χ0) is 11.5. The number of rotatable bonds is 2. The Bertz CT molecular complexity index is 516. The summed E-state index contributed by atoms with van der Waals surface area (Å²) in [6.07, 6.45) is 1.55.